The molecule has 0 amide bonds. The molecule has 0 spiro atoms. The molecule has 2 aromatic rings. The second kappa shape index (κ2) is 6.79. The minimum atomic E-state index is -0.0272. The Bertz CT molecular complexity index is 569. The number of nitrogens with zero attached hydrogens (tertiary/aromatic N) is 2. The van der Waals surface area contributed by atoms with Gasteiger partial charge in [0.25, 0.3) is 0 Å². The van der Waals surface area contributed by atoms with Crippen molar-refractivity contribution in [2.45, 2.75) is 13.0 Å². The molecule has 108 valence electrons. The fourth-order valence-electron chi connectivity index (χ4n) is 2.21. The Balaban J connectivity index is 2.15. The zero-order valence-corrected chi connectivity index (χ0v) is 12.4. The summed E-state index contributed by atoms with van der Waals surface area (Å²) in [6.07, 6.45) is 0. The van der Waals surface area contributed by atoms with E-state index in [0.29, 0.717) is 0 Å². The van der Waals surface area contributed by atoms with E-state index in [-0.39, 0.29) is 12.6 Å². The number of aromatic nitrogens is 1. The van der Waals surface area contributed by atoms with Gasteiger partial charge < -0.3 is 15.3 Å². The number of pyridine rings is 1. The third-order valence-electron chi connectivity index (χ3n) is 3.39. The number of fused-ring (bicyclic) bond motifs is 1. The Morgan fingerprint density at radius 2 is 2.05 bits per heavy atom. The van der Waals surface area contributed by atoms with Crippen LogP contribution in [0.2, 0.25) is 0 Å². The third-order valence-corrected chi connectivity index (χ3v) is 3.39. The van der Waals surface area contributed by atoms with Crippen LogP contribution in [-0.4, -0.2) is 48.8 Å². The number of aliphatic hydroxyl groups is 1. The van der Waals surface area contributed by atoms with Gasteiger partial charge >= 0.3 is 0 Å². The molecule has 2 rings (SSSR count). The highest BCUT2D eigenvalue weighted by atomic mass is 16.3. The van der Waals surface area contributed by atoms with Crippen LogP contribution in [0.1, 0.15) is 17.3 Å². The molecule has 1 unspecified atom stereocenters. The molecule has 0 saturated heterocycles. The van der Waals surface area contributed by atoms with Crippen molar-refractivity contribution in [2.24, 2.45) is 0 Å². The summed E-state index contributed by atoms with van der Waals surface area (Å²) in [5.74, 6) is 0. The smallest absolute Gasteiger partial charge is 0.0705 e. The fraction of sp³-hybridized carbons (Fsp3) is 0.438. The number of hydrogen-bond acceptors (Lipinski definition) is 4. The van der Waals surface area contributed by atoms with E-state index in [1.165, 1.54) is 0 Å². The summed E-state index contributed by atoms with van der Waals surface area (Å²) in [5.41, 5.74) is 3.12. The lowest BCUT2D eigenvalue weighted by Gasteiger charge is -2.19. The van der Waals surface area contributed by atoms with Crippen LogP contribution in [0, 0.1) is 6.92 Å². The number of nitrogens with one attached hydrogen (secondary N) is 1. The van der Waals surface area contributed by atoms with E-state index in [2.05, 4.69) is 27.3 Å². The van der Waals surface area contributed by atoms with Gasteiger partial charge in [0.05, 0.1) is 18.2 Å². The van der Waals surface area contributed by atoms with Crippen LogP contribution in [-0.2, 0) is 0 Å². The van der Waals surface area contributed by atoms with Gasteiger partial charge in [-0.25, -0.2) is 0 Å². The number of hydrogen-bond donors (Lipinski definition) is 2. The molecule has 1 atom stereocenters. The van der Waals surface area contributed by atoms with Gasteiger partial charge in [-0.3, -0.25) is 4.98 Å². The maximum atomic E-state index is 9.57. The second-order valence-corrected chi connectivity index (χ2v) is 5.40. The van der Waals surface area contributed by atoms with Crippen LogP contribution < -0.4 is 5.32 Å². The molecule has 0 aliphatic rings. The summed E-state index contributed by atoms with van der Waals surface area (Å²) >= 11 is 0. The maximum Gasteiger partial charge on any atom is 0.0705 e. The standard InChI is InChI=1S/C16H23N3O/c1-12-4-5-13-10-14(6-7-15(13)18-12)16(11-20)17-8-9-19(2)3/h4-7,10,16-17,20H,8-9,11H2,1-3H3. The molecule has 0 aliphatic carbocycles. The molecule has 4 nitrogen and oxygen atoms in total. The van der Waals surface area contributed by atoms with E-state index in [1.807, 2.05) is 39.2 Å². The first-order valence-corrected chi connectivity index (χ1v) is 6.96. The highest BCUT2D eigenvalue weighted by Crippen LogP contribution is 2.19. The van der Waals surface area contributed by atoms with E-state index < -0.39 is 0 Å². The van der Waals surface area contributed by atoms with Crippen molar-refractivity contribution in [3.8, 4) is 0 Å². The largest absolute Gasteiger partial charge is 0.394 e. The molecule has 0 radical (unpaired) electrons. The first kappa shape index (κ1) is 14.9. The maximum absolute atomic E-state index is 9.57. The van der Waals surface area contributed by atoms with Gasteiger partial charge in [-0.2, -0.15) is 0 Å². The Morgan fingerprint density at radius 1 is 1.25 bits per heavy atom. The summed E-state index contributed by atoms with van der Waals surface area (Å²) in [4.78, 5) is 6.62. The molecule has 0 aliphatic heterocycles. The van der Waals surface area contributed by atoms with E-state index in [4.69, 9.17) is 0 Å². The normalized spacial score (nSPS) is 13.1. The topological polar surface area (TPSA) is 48.4 Å². The quantitative estimate of drug-likeness (QED) is 0.841. The van der Waals surface area contributed by atoms with Crippen molar-refractivity contribution < 1.29 is 5.11 Å². The SMILES string of the molecule is Cc1ccc2cc(C(CO)NCCN(C)C)ccc2n1. The Morgan fingerprint density at radius 3 is 2.75 bits per heavy atom. The summed E-state index contributed by atoms with van der Waals surface area (Å²) in [6.45, 7) is 3.89. The Labute approximate surface area is 120 Å². The van der Waals surface area contributed by atoms with Crippen LogP contribution >= 0.6 is 0 Å². The highest BCUT2D eigenvalue weighted by Gasteiger charge is 2.10. The predicted molar refractivity (Wildman–Crippen MR) is 82.9 cm³/mol. The zero-order valence-electron chi connectivity index (χ0n) is 12.4. The minimum Gasteiger partial charge on any atom is -0.394 e. The average molecular weight is 273 g/mol. The van der Waals surface area contributed by atoms with Crippen molar-refractivity contribution in [2.75, 3.05) is 33.8 Å². The summed E-state index contributed by atoms with van der Waals surface area (Å²) in [5, 5.41) is 14.1. The molecule has 0 bridgehead atoms. The predicted octanol–water partition coefficient (Wildman–Crippen LogP) is 1.73. The van der Waals surface area contributed by atoms with Crippen molar-refractivity contribution in [3.63, 3.8) is 0 Å². The van der Waals surface area contributed by atoms with Crippen molar-refractivity contribution >= 4 is 10.9 Å². The van der Waals surface area contributed by atoms with Crippen LogP contribution in [0.25, 0.3) is 10.9 Å². The number of rotatable bonds is 6. The van der Waals surface area contributed by atoms with Gasteiger partial charge in [-0.05, 0) is 44.8 Å². The van der Waals surface area contributed by atoms with E-state index >= 15 is 0 Å². The van der Waals surface area contributed by atoms with Gasteiger partial charge in [0, 0.05) is 24.2 Å². The summed E-state index contributed by atoms with van der Waals surface area (Å²) < 4.78 is 0. The number of benzene rings is 1. The van der Waals surface area contributed by atoms with Gasteiger partial charge in [0.1, 0.15) is 0 Å². The molecular weight excluding hydrogens is 250 g/mol. The summed E-state index contributed by atoms with van der Waals surface area (Å²) in [7, 11) is 4.08. The summed E-state index contributed by atoms with van der Waals surface area (Å²) in [6, 6.07) is 10.2. The number of aliphatic hydroxyl groups excluding tert-OH is 1. The molecule has 20 heavy (non-hydrogen) atoms. The van der Waals surface area contributed by atoms with Crippen LogP contribution in [0.15, 0.2) is 30.3 Å². The average Bonchev–Trinajstić information content (AvgIpc) is 2.43. The number of aryl methyl sites for hydroxylation is 1. The lowest BCUT2D eigenvalue weighted by molar-refractivity contribution is 0.240. The molecule has 1 aromatic heterocycles. The highest BCUT2D eigenvalue weighted by molar-refractivity contribution is 5.79. The van der Waals surface area contributed by atoms with E-state index in [9.17, 15) is 5.11 Å². The van der Waals surface area contributed by atoms with Gasteiger partial charge in [0.15, 0.2) is 0 Å². The molecule has 1 heterocycles. The third kappa shape index (κ3) is 3.76. The van der Waals surface area contributed by atoms with E-state index in [1.54, 1.807) is 0 Å². The van der Waals surface area contributed by atoms with Crippen molar-refractivity contribution in [3.05, 3.63) is 41.6 Å². The second-order valence-electron chi connectivity index (χ2n) is 5.40. The number of likely N-dealkylation sites (N-methyl/N-ethyl adjacent to an activating group) is 1. The molecule has 0 saturated carbocycles. The zero-order chi connectivity index (χ0) is 14.5. The fourth-order valence-corrected chi connectivity index (χ4v) is 2.21. The van der Waals surface area contributed by atoms with Gasteiger partial charge in [-0.1, -0.05) is 12.1 Å². The van der Waals surface area contributed by atoms with Gasteiger partial charge in [0.2, 0.25) is 0 Å². The van der Waals surface area contributed by atoms with E-state index in [0.717, 1.165) is 35.2 Å². The van der Waals surface area contributed by atoms with Crippen LogP contribution in [0.5, 0.6) is 0 Å². The monoisotopic (exact) mass is 273 g/mol. The van der Waals surface area contributed by atoms with Crippen molar-refractivity contribution in [1.29, 1.82) is 0 Å². The molecule has 1 aromatic carbocycles. The van der Waals surface area contributed by atoms with Crippen LogP contribution in [0.3, 0.4) is 0 Å². The Hall–Kier alpha value is -1.49. The minimum absolute atomic E-state index is 0.0272. The first-order valence-electron chi connectivity index (χ1n) is 6.96. The first-order chi connectivity index (χ1) is 9.60. The van der Waals surface area contributed by atoms with Crippen LogP contribution in [0.4, 0.5) is 0 Å². The molecular formula is C16H23N3O. The molecule has 4 heteroatoms. The van der Waals surface area contributed by atoms with Crippen molar-refractivity contribution in [1.82, 2.24) is 15.2 Å². The van der Waals surface area contributed by atoms with Gasteiger partial charge in [-0.15, -0.1) is 0 Å². The lowest BCUT2D eigenvalue weighted by atomic mass is 10.0. The lowest BCUT2D eigenvalue weighted by Crippen LogP contribution is -2.31. The Kier molecular flexibility index (Phi) is 5.06. The molecule has 0 fully saturated rings. The molecule has 2 N–H and O–H groups in total.